The predicted molar refractivity (Wildman–Crippen MR) is 244 cm³/mol. The van der Waals surface area contributed by atoms with Gasteiger partial charge in [-0.25, -0.2) is 0 Å². The molecule has 0 atom stereocenters. The highest BCUT2D eigenvalue weighted by Crippen LogP contribution is 2.14. The summed E-state index contributed by atoms with van der Waals surface area (Å²) in [7, 11) is 0. The molecule has 0 spiro atoms. The van der Waals surface area contributed by atoms with Crippen LogP contribution in [0.15, 0.2) is 116 Å². The van der Waals surface area contributed by atoms with Gasteiger partial charge in [0.1, 0.15) is 0 Å². The van der Waals surface area contributed by atoms with E-state index in [4.69, 9.17) is 20.4 Å². The van der Waals surface area contributed by atoms with Gasteiger partial charge in [-0.2, -0.15) is 0 Å². The molecule has 4 heteroatoms. The van der Waals surface area contributed by atoms with E-state index in [0.717, 1.165) is 76.2 Å². The van der Waals surface area contributed by atoms with Crippen LogP contribution in [-0.2, 0) is 0 Å². The molecule has 0 amide bonds. The fourth-order valence-corrected chi connectivity index (χ4v) is 4.67. The predicted octanol–water partition coefficient (Wildman–Crippen LogP) is 14.1. The summed E-state index contributed by atoms with van der Waals surface area (Å²) in [4.78, 5) is 0. The molecule has 4 N–H and O–H groups in total. The average molecular weight is 753 g/mol. The number of hydrogen-bond donors (Lipinski definition) is 4. The minimum absolute atomic E-state index is 0.158. The van der Waals surface area contributed by atoms with Crippen LogP contribution in [0.2, 0.25) is 0 Å². The zero-order valence-electron chi connectivity index (χ0n) is 37.9. The lowest BCUT2D eigenvalue weighted by Gasteiger charge is -2.02. The Morgan fingerprint density at radius 2 is 0.407 bits per heavy atom. The van der Waals surface area contributed by atoms with Crippen molar-refractivity contribution in [3.05, 3.63) is 116 Å². The largest absolute Gasteiger partial charge is 0.392 e. The molecule has 0 saturated heterocycles. The van der Waals surface area contributed by atoms with Crippen molar-refractivity contribution in [1.82, 2.24) is 0 Å². The Kier molecular flexibility index (Phi) is 46.1. The Balaban J connectivity index is -0.000000334. The monoisotopic (exact) mass is 753 g/mol. The molecule has 312 valence electrons. The number of allylic oxidation sites excluding steroid dienone is 16. The second kappa shape index (κ2) is 43.0. The van der Waals surface area contributed by atoms with Crippen molar-refractivity contribution in [1.29, 1.82) is 0 Å². The lowest BCUT2D eigenvalue weighted by Crippen LogP contribution is -1.83. The van der Waals surface area contributed by atoms with Crippen molar-refractivity contribution in [2.24, 2.45) is 0 Å². The van der Waals surface area contributed by atoms with E-state index < -0.39 is 0 Å². The van der Waals surface area contributed by atoms with Crippen molar-refractivity contribution < 1.29 is 20.4 Å². The summed E-state index contributed by atoms with van der Waals surface area (Å²) >= 11 is 0. The van der Waals surface area contributed by atoms with Crippen LogP contribution in [0.5, 0.6) is 0 Å². The fourth-order valence-electron chi connectivity index (χ4n) is 4.67. The van der Waals surface area contributed by atoms with Gasteiger partial charge in [0, 0.05) is 0 Å². The first-order chi connectivity index (χ1) is 25.4. The zero-order valence-corrected chi connectivity index (χ0v) is 37.9. The highest BCUT2D eigenvalue weighted by Gasteiger charge is 1.94. The van der Waals surface area contributed by atoms with E-state index in [1.807, 2.05) is 32.1 Å². The minimum Gasteiger partial charge on any atom is -0.392 e. The second-order valence-electron chi connectivity index (χ2n) is 15.4. The van der Waals surface area contributed by atoms with E-state index in [-0.39, 0.29) is 26.4 Å². The molecule has 0 radical (unpaired) electrons. The van der Waals surface area contributed by atoms with Crippen molar-refractivity contribution in [2.45, 2.75) is 174 Å². The van der Waals surface area contributed by atoms with Gasteiger partial charge in [-0.05, 0) is 174 Å². The summed E-state index contributed by atoms with van der Waals surface area (Å²) in [6, 6.07) is 0. The molecule has 0 aromatic heterocycles. The molecule has 0 rings (SSSR count). The van der Waals surface area contributed by atoms with E-state index in [1.54, 1.807) is 6.08 Å². The summed E-state index contributed by atoms with van der Waals surface area (Å²) < 4.78 is 0. The van der Waals surface area contributed by atoms with Gasteiger partial charge in [-0.3, -0.25) is 0 Å². The fraction of sp³-hybridized carbons (Fsp3) is 0.600. The third-order valence-corrected chi connectivity index (χ3v) is 8.19. The summed E-state index contributed by atoms with van der Waals surface area (Å²) in [5, 5.41) is 34.2. The molecule has 0 unspecified atom stereocenters. The third kappa shape index (κ3) is 56.0. The SMILES string of the molecule is CC(C)=CCC/C(C)=C/CC/C(C)=C/CC/C(C)=C/CO.CC(C)=CCC/C(C)=C/CC/C(C)=C/CO.CC(C)=CCC/C(C)=C/CO.CC(C)=CCO. The molecular formula is C50H88O4. The molecule has 4 nitrogen and oxygen atoms in total. The number of aliphatic hydroxyl groups excluding tert-OH is 4. The molecule has 0 aliphatic rings. The van der Waals surface area contributed by atoms with Crippen LogP contribution in [0, 0.1) is 0 Å². The zero-order chi connectivity index (χ0) is 42.2. The van der Waals surface area contributed by atoms with Gasteiger partial charge in [0.15, 0.2) is 0 Å². The molecular weight excluding hydrogens is 665 g/mol. The van der Waals surface area contributed by atoms with E-state index in [1.165, 1.54) is 56.6 Å². The summed E-state index contributed by atoms with van der Waals surface area (Å²) in [6.45, 7) is 30.2. The van der Waals surface area contributed by atoms with Gasteiger partial charge in [0.2, 0.25) is 0 Å². The highest BCUT2D eigenvalue weighted by molar-refractivity contribution is 5.08. The Morgan fingerprint density at radius 1 is 0.241 bits per heavy atom. The average Bonchev–Trinajstić information content (AvgIpc) is 3.05. The molecule has 0 aliphatic carbocycles. The number of hydrogen-bond acceptors (Lipinski definition) is 4. The molecule has 0 aliphatic heterocycles. The van der Waals surface area contributed by atoms with Gasteiger partial charge in [0.05, 0.1) is 26.4 Å². The van der Waals surface area contributed by atoms with Gasteiger partial charge in [0.25, 0.3) is 0 Å². The smallest absolute Gasteiger partial charge is 0.0614 e. The van der Waals surface area contributed by atoms with E-state index in [9.17, 15) is 0 Å². The van der Waals surface area contributed by atoms with E-state index >= 15 is 0 Å². The highest BCUT2D eigenvalue weighted by atomic mass is 16.3. The van der Waals surface area contributed by atoms with Crippen LogP contribution in [0.3, 0.4) is 0 Å². The Morgan fingerprint density at radius 3 is 0.556 bits per heavy atom. The topological polar surface area (TPSA) is 80.9 Å². The maximum absolute atomic E-state index is 8.80. The molecule has 0 saturated carbocycles. The lowest BCUT2D eigenvalue weighted by molar-refractivity contribution is 0.341. The maximum atomic E-state index is 8.80. The second-order valence-corrected chi connectivity index (χ2v) is 15.4. The summed E-state index contributed by atoms with van der Waals surface area (Å²) in [6.07, 6.45) is 34.6. The third-order valence-electron chi connectivity index (χ3n) is 8.19. The normalized spacial score (nSPS) is 12.3. The quantitative estimate of drug-likeness (QED) is 0.0830. The van der Waals surface area contributed by atoms with Crippen LogP contribution in [-0.4, -0.2) is 46.9 Å². The van der Waals surface area contributed by atoms with Gasteiger partial charge >= 0.3 is 0 Å². The Hall–Kier alpha value is -2.76. The van der Waals surface area contributed by atoms with Crippen LogP contribution < -0.4 is 0 Å². The first-order valence-electron chi connectivity index (χ1n) is 20.4. The Labute approximate surface area is 336 Å². The van der Waals surface area contributed by atoms with Crippen LogP contribution >= 0.6 is 0 Å². The van der Waals surface area contributed by atoms with Crippen LogP contribution in [0.4, 0.5) is 0 Å². The van der Waals surface area contributed by atoms with Crippen molar-refractivity contribution in [2.75, 3.05) is 26.4 Å². The van der Waals surface area contributed by atoms with Gasteiger partial charge < -0.3 is 20.4 Å². The Bertz CT molecular complexity index is 1210. The van der Waals surface area contributed by atoms with Crippen molar-refractivity contribution in [3.63, 3.8) is 0 Å². The van der Waals surface area contributed by atoms with Crippen molar-refractivity contribution >= 4 is 0 Å². The first-order valence-corrected chi connectivity index (χ1v) is 20.4. The maximum Gasteiger partial charge on any atom is 0.0614 e. The van der Waals surface area contributed by atoms with E-state index in [0.29, 0.717) is 0 Å². The van der Waals surface area contributed by atoms with Crippen molar-refractivity contribution in [3.8, 4) is 0 Å². The van der Waals surface area contributed by atoms with E-state index in [2.05, 4.69) is 120 Å². The standard InChI is InChI=1S/C20H34O.C15H26O.C10H18O.C5H10O/c1-17(2)9-6-10-18(3)11-7-12-19(4)13-8-14-20(5)15-16-21;1-13(2)7-5-8-14(3)9-6-10-15(4)11-12-16;1-9(2)5-4-6-10(3)7-8-11;1-5(2)3-4-6/h9,11,13,15,21H,6-8,10,12,14,16H2,1-5H3;7,9,11,16H,5-6,8,10,12H2,1-4H3;5,7,11H,4,6,8H2,1-3H3;3,6H,4H2,1-2H3/b18-11+,19-13+,20-15+;14-9+,15-11+;10-7+;. The molecule has 0 heterocycles. The number of aliphatic hydroxyl groups is 4. The summed E-state index contributed by atoms with van der Waals surface area (Å²) in [5.74, 6) is 0. The van der Waals surface area contributed by atoms with Gasteiger partial charge in [-0.15, -0.1) is 0 Å². The molecule has 54 heavy (non-hydrogen) atoms. The molecule has 0 fully saturated rings. The number of rotatable bonds is 22. The minimum atomic E-state index is 0.158. The molecule has 0 bridgehead atoms. The summed E-state index contributed by atoms with van der Waals surface area (Å²) in [5.41, 5.74) is 13.6. The van der Waals surface area contributed by atoms with Gasteiger partial charge in [-0.1, -0.05) is 116 Å². The van der Waals surface area contributed by atoms with Crippen LogP contribution in [0.1, 0.15) is 174 Å². The lowest BCUT2D eigenvalue weighted by atomic mass is 10.0. The first kappa shape index (κ1) is 58.0. The van der Waals surface area contributed by atoms with Crippen LogP contribution in [0.25, 0.3) is 0 Å². The molecule has 0 aromatic carbocycles. The molecule has 0 aromatic rings.